The van der Waals surface area contributed by atoms with E-state index in [9.17, 15) is 4.79 Å². The molecule has 34 heavy (non-hydrogen) atoms. The molecule has 172 valence electrons. The second-order valence-electron chi connectivity index (χ2n) is 7.98. The highest BCUT2D eigenvalue weighted by atomic mass is 16.5. The number of carbonyl (C=O) groups is 1. The lowest BCUT2D eigenvalue weighted by atomic mass is 10.0. The number of nitrogens with one attached hydrogen (secondary N) is 4. The van der Waals surface area contributed by atoms with Crippen LogP contribution in [-0.4, -0.2) is 35.2 Å². The van der Waals surface area contributed by atoms with Crippen molar-refractivity contribution < 1.29 is 9.53 Å². The fourth-order valence-corrected chi connectivity index (χ4v) is 3.74. The zero-order chi connectivity index (χ0) is 24.1. The molecule has 0 aliphatic heterocycles. The summed E-state index contributed by atoms with van der Waals surface area (Å²) in [4.78, 5) is 16.2. The first kappa shape index (κ1) is 22.6. The Kier molecular flexibility index (Phi) is 6.59. The molecule has 0 aliphatic rings. The summed E-state index contributed by atoms with van der Waals surface area (Å²) in [5.41, 5.74) is 14.8. The molecular weight excluding hydrogens is 428 g/mol. The van der Waals surface area contributed by atoms with Crippen LogP contribution in [0.4, 0.5) is 0 Å². The number of rotatable bonds is 9. The Hall–Kier alpha value is -4.59. The summed E-state index contributed by atoms with van der Waals surface area (Å²) < 4.78 is 5.99. The van der Waals surface area contributed by atoms with Gasteiger partial charge in [-0.3, -0.25) is 15.6 Å². The molecule has 8 N–H and O–H groups in total. The molecule has 0 spiro atoms. The summed E-state index contributed by atoms with van der Waals surface area (Å²) in [5, 5.41) is 19.3. The Morgan fingerprint density at radius 2 is 1.62 bits per heavy atom. The minimum atomic E-state index is -0.333. The van der Waals surface area contributed by atoms with Crippen LogP contribution in [0.1, 0.15) is 27.0 Å². The van der Waals surface area contributed by atoms with Crippen LogP contribution in [0.2, 0.25) is 0 Å². The molecule has 1 amide bonds. The van der Waals surface area contributed by atoms with E-state index >= 15 is 0 Å². The number of ether oxygens (including phenoxy) is 1. The van der Waals surface area contributed by atoms with Crippen molar-refractivity contribution in [1.29, 1.82) is 10.8 Å². The average Bonchev–Trinajstić information content (AvgIpc) is 3.25. The monoisotopic (exact) mass is 454 g/mol. The van der Waals surface area contributed by atoms with Gasteiger partial charge in [0.05, 0.1) is 6.04 Å². The van der Waals surface area contributed by atoms with Crippen molar-refractivity contribution in [2.75, 3.05) is 6.61 Å². The lowest BCUT2D eigenvalue weighted by Crippen LogP contribution is -2.40. The van der Waals surface area contributed by atoms with Gasteiger partial charge in [-0.2, -0.15) is 0 Å². The smallest absolute Gasteiger partial charge is 0.251 e. The maximum atomic E-state index is 13.0. The second-order valence-corrected chi connectivity index (χ2v) is 7.98. The van der Waals surface area contributed by atoms with Crippen molar-refractivity contribution in [3.8, 4) is 5.75 Å². The van der Waals surface area contributed by atoms with Gasteiger partial charge in [-0.25, -0.2) is 0 Å². The van der Waals surface area contributed by atoms with E-state index in [-0.39, 0.29) is 30.2 Å². The Morgan fingerprint density at radius 1 is 0.912 bits per heavy atom. The predicted molar refractivity (Wildman–Crippen MR) is 134 cm³/mol. The SMILES string of the molecule is N=C(N)c1ccc(C(=O)N[C@@H](COc2cccc(C(=N)N)c2)Cc2c[nH]c3ccccc23)cc1. The number of carbonyl (C=O) groups excluding carboxylic acids is 1. The molecule has 8 heteroatoms. The largest absolute Gasteiger partial charge is 0.491 e. The summed E-state index contributed by atoms with van der Waals surface area (Å²) in [6.07, 6.45) is 2.50. The number of hydrogen-bond donors (Lipinski definition) is 6. The molecule has 1 atom stereocenters. The number of nitrogens with two attached hydrogens (primary N) is 2. The van der Waals surface area contributed by atoms with Crippen molar-refractivity contribution in [1.82, 2.24) is 10.3 Å². The fourth-order valence-electron chi connectivity index (χ4n) is 3.74. The Bertz CT molecular complexity index is 1340. The summed E-state index contributed by atoms with van der Waals surface area (Å²) in [7, 11) is 0. The first-order chi connectivity index (χ1) is 16.4. The van der Waals surface area contributed by atoms with Crippen LogP contribution in [0.5, 0.6) is 5.75 Å². The van der Waals surface area contributed by atoms with Crippen molar-refractivity contribution in [3.05, 3.63) is 101 Å². The molecule has 3 aromatic carbocycles. The molecule has 0 saturated carbocycles. The number of fused-ring (bicyclic) bond motifs is 1. The third-order valence-corrected chi connectivity index (χ3v) is 5.53. The van der Waals surface area contributed by atoms with Gasteiger partial charge in [-0.05, 0) is 42.3 Å². The zero-order valence-corrected chi connectivity index (χ0v) is 18.5. The number of benzene rings is 3. The highest BCUT2D eigenvalue weighted by Crippen LogP contribution is 2.20. The van der Waals surface area contributed by atoms with Gasteiger partial charge in [0.2, 0.25) is 0 Å². The van der Waals surface area contributed by atoms with Crippen LogP contribution in [0.15, 0.2) is 79.0 Å². The molecule has 0 saturated heterocycles. The van der Waals surface area contributed by atoms with Crippen LogP contribution >= 0.6 is 0 Å². The first-order valence-electron chi connectivity index (χ1n) is 10.8. The normalized spacial score (nSPS) is 11.6. The number of para-hydroxylation sites is 1. The van der Waals surface area contributed by atoms with E-state index in [1.165, 1.54) is 0 Å². The summed E-state index contributed by atoms with van der Waals surface area (Å²) in [6, 6.07) is 21.3. The van der Waals surface area contributed by atoms with E-state index < -0.39 is 0 Å². The predicted octanol–water partition coefficient (Wildman–Crippen LogP) is 3.16. The number of aromatic nitrogens is 1. The molecule has 0 radical (unpaired) electrons. The van der Waals surface area contributed by atoms with Gasteiger partial charge < -0.3 is 26.5 Å². The van der Waals surface area contributed by atoms with Gasteiger partial charge in [0.1, 0.15) is 24.0 Å². The molecule has 0 aliphatic carbocycles. The molecular formula is C26H26N6O2. The van der Waals surface area contributed by atoms with E-state index in [4.69, 9.17) is 27.0 Å². The standard InChI is InChI=1S/C26H26N6O2/c27-24(28)16-8-10-17(11-9-16)26(33)32-20(12-19-14-31-23-7-2-1-6-22(19)23)15-34-21-5-3-4-18(13-21)25(29)30/h1-11,13-14,20,31H,12,15H2,(H3,27,28)(H3,29,30)(H,32,33)/t20-/m1/s1. The molecule has 0 fully saturated rings. The van der Waals surface area contributed by atoms with E-state index in [0.29, 0.717) is 28.9 Å². The Balaban J connectivity index is 1.54. The lowest BCUT2D eigenvalue weighted by molar-refractivity contribution is 0.0921. The number of amidine groups is 2. The van der Waals surface area contributed by atoms with Gasteiger partial charge in [0, 0.05) is 33.8 Å². The Morgan fingerprint density at radius 3 is 2.35 bits per heavy atom. The van der Waals surface area contributed by atoms with Crippen LogP contribution in [0.25, 0.3) is 10.9 Å². The first-order valence-corrected chi connectivity index (χ1v) is 10.8. The average molecular weight is 455 g/mol. The number of nitrogen functional groups attached to an aromatic ring is 2. The summed E-state index contributed by atoms with van der Waals surface area (Å²) in [6.45, 7) is 0.220. The summed E-state index contributed by atoms with van der Waals surface area (Å²) in [5.74, 6) is 0.228. The molecule has 1 heterocycles. The zero-order valence-electron chi connectivity index (χ0n) is 18.5. The van der Waals surface area contributed by atoms with Gasteiger partial charge in [0.15, 0.2) is 0 Å². The van der Waals surface area contributed by atoms with Crippen LogP contribution in [0, 0.1) is 10.8 Å². The molecule has 4 aromatic rings. The van der Waals surface area contributed by atoms with Crippen LogP contribution in [0.3, 0.4) is 0 Å². The Labute approximate surface area is 197 Å². The van der Waals surface area contributed by atoms with E-state index in [0.717, 1.165) is 16.5 Å². The lowest BCUT2D eigenvalue weighted by Gasteiger charge is -2.20. The second kappa shape index (κ2) is 9.91. The quantitative estimate of drug-likeness (QED) is 0.170. The van der Waals surface area contributed by atoms with E-state index in [1.54, 1.807) is 48.5 Å². The van der Waals surface area contributed by atoms with Crippen molar-refractivity contribution in [2.45, 2.75) is 12.5 Å². The molecule has 0 bridgehead atoms. The number of H-pyrrole nitrogens is 1. The molecule has 4 rings (SSSR count). The van der Waals surface area contributed by atoms with Gasteiger partial charge in [-0.15, -0.1) is 0 Å². The molecule has 8 nitrogen and oxygen atoms in total. The summed E-state index contributed by atoms with van der Waals surface area (Å²) >= 11 is 0. The molecule has 1 aromatic heterocycles. The molecule has 0 unspecified atom stereocenters. The minimum Gasteiger partial charge on any atom is -0.491 e. The maximum Gasteiger partial charge on any atom is 0.251 e. The number of hydrogen-bond acceptors (Lipinski definition) is 4. The van der Waals surface area contributed by atoms with Gasteiger partial charge in [-0.1, -0.05) is 42.5 Å². The third kappa shape index (κ3) is 5.24. The topological polar surface area (TPSA) is 154 Å². The van der Waals surface area contributed by atoms with Gasteiger partial charge >= 0.3 is 0 Å². The van der Waals surface area contributed by atoms with Crippen molar-refractivity contribution in [2.24, 2.45) is 11.5 Å². The van der Waals surface area contributed by atoms with Crippen LogP contribution < -0.4 is 21.5 Å². The minimum absolute atomic E-state index is 0.0388. The van der Waals surface area contributed by atoms with Crippen LogP contribution in [-0.2, 0) is 6.42 Å². The number of amides is 1. The fraction of sp³-hybridized carbons (Fsp3) is 0.115. The van der Waals surface area contributed by atoms with E-state index in [2.05, 4.69) is 10.3 Å². The van der Waals surface area contributed by atoms with Crippen molar-refractivity contribution >= 4 is 28.5 Å². The maximum absolute atomic E-state index is 13.0. The third-order valence-electron chi connectivity index (χ3n) is 5.53. The van der Waals surface area contributed by atoms with Crippen molar-refractivity contribution in [3.63, 3.8) is 0 Å². The highest BCUT2D eigenvalue weighted by molar-refractivity contribution is 5.98. The highest BCUT2D eigenvalue weighted by Gasteiger charge is 2.18. The van der Waals surface area contributed by atoms with Gasteiger partial charge in [0.25, 0.3) is 5.91 Å². The van der Waals surface area contributed by atoms with E-state index in [1.807, 2.05) is 30.5 Å². The number of aromatic amines is 1.